The average Bonchev–Trinajstić information content (AvgIpc) is 2.81. The molecule has 1 aliphatic carbocycles. The van der Waals surface area contributed by atoms with E-state index in [0.717, 1.165) is 25.9 Å². The molecule has 2 aliphatic rings. The predicted molar refractivity (Wildman–Crippen MR) is 74.0 cm³/mol. The van der Waals surface area contributed by atoms with Crippen LogP contribution in [0.3, 0.4) is 0 Å². The van der Waals surface area contributed by atoms with Gasteiger partial charge in [-0.25, -0.2) is 0 Å². The van der Waals surface area contributed by atoms with E-state index in [1.807, 2.05) is 0 Å². The standard InChI is InChI=1S/C15H27NO3/c1-18-14(17)15(9-6-11-19-12-10-15)16-13-7-4-2-3-5-8-13/h13,16H,2-12H2,1H3. The van der Waals surface area contributed by atoms with E-state index in [1.54, 1.807) is 0 Å². The molecule has 110 valence electrons. The maximum atomic E-state index is 12.3. The zero-order valence-corrected chi connectivity index (χ0v) is 12.1. The van der Waals surface area contributed by atoms with Crippen molar-refractivity contribution in [3.05, 3.63) is 0 Å². The number of hydrogen-bond acceptors (Lipinski definition) is 4. The van der Waals surface area contributed by atoms with E-state index in [1.165, 1.54) is 45.6 Å². The van der Waals surface area contributed by atoms with Gasteiger partial charge in [-0.05, 0) is 32.1 Å². The van der Waals surface area contributed by atoms with Gasteiger partial charge in [0.2, 0.25) is 0 Å². The first-order valence-corrected chi connectivity index (χ1v) is 7.71. The van der Waals surface area contributed by atoms with Crippen LogP contribution in [-0.4, -0.2) is 37.9 Å². The Morgan fingerprint density at radius 1 is 1.11 bits per heavy atom. The second-order valence-electron chi connectivity index (χ2n) is 5.87. The van der Waals surface area contributed by atoms with E-state index in [-0.39, 0.29) is 5.97 Å². The van der Waals surface area contributed by atoms with E-state index in [2.05, 4.69) is 5.32 Å². The average molecular weight is 269 g/mol. The summed E-state index contributed by atoms with van der Waals surface area (Å²) in [6.45, 7) is 1.40. The van der Waals surface area contributed by atoms with E-state index in [9.17, 15) is 4.79 Å². The van der Waals surface area contributed by atoms with Crippen molar-refractivity contribution in [2.45, 2.75) is 69.4 Å². The molecular formula is C15H27NO3. The lowest BCUT2D eigenvalue weighted by molar-refractivity contribution is -0.150. The number of esters is 1. The molecule has 1 aliphatic heterocycles. The third-order valence-corrected chi connectivity index (χ3v) is 4.48. The Balaban J connectivity index is 2.05. The summed E-state index contributed by atoms with van der Waals surface area (Å²) >= 11 is 0. The molecule has 1 heterocycles. The fourth-order valence-electron chi connectivity index (χ4n) is 3.37. The van der Waals surface area contributed by atoms with Crippen molar-refractivity contribution >= 4 is 5.97 Å². The second kappa shape index (κ2) is 7.25. The van der Waals surface area contributed by atoms with Crippen LogP contribution in [0.4, 0.5) is 0 Å². The van der Waals surface area contributed by atoms with Crippen molar-refractivity contribution in [2.24, 2.45) is 0 Å². The molecule has 1 unspecified atom stereocenters. The van der Waals surface area contributed by atoms with Gasteiger partial charge in [0.25, 0.3) is 0 Å². The summed E-state index contributed by atoms with van der Waals surface area (Å²) in [5, 5.41) is 3.65. The zero-order valence-electron chi connectivity index (χ0n) is 12.1. The Labute approximate surface area is 116 Å². The number of nitrogens with one attached hydrogen (secondary N) is 1. The van der Waals surface area contributed by atoms with Gasteiger partial charge in [-0.1, -0.05) is 25.7 Å². The summed E-state index contributed by atoms with van der Waals surface area (Å²) in [5.74, 6) is -0.109. The van der Waals surface area contributed by atoms with Crippen LogP contribution >= 0.6 is 0 Å². The Hall–Kier alpha value is -0.610. The summed E-state index contributed by atoms with van der Waals surface area (Å²) in [6, 6.07) is 0.458. The van der Waals surface area contributed by atoms with Crippen molar-refractivity contribution < 1.29 is 14.3 Å². The molecule has 0 aromatic heterocycles. The SMILES string of the molecule is COC(=O)C1(NC2CCCCCC2)CCCOCC1. The smallest absolute Gasteiger partial charge is 0.326 e. The summed E-state index contributed by atoms with van der Waals surface area (Å²) < 4.78 is 10.6. The molecule has 4 heteroatoms. The van der Waals surface area contributed by atoms with E-state index >= 15 is 0 Å². The van der Waals surface area contributed by atoms with Crippen LogP contribution in [-0.2, 0) is 14.3 Å². The highest BCUT2D eigenvalue weighted by atomic mass is 16.5. The fraction of sp³-hybridized carbons (Fsp3) is 0.933. The second-order valence-corrected chi connectivity index (χ2v) is 5.87. The topological polar surface area (TPSA) is 47.6 Å². The van der Waals surface area contributed by atoms with Gasteiger partial charge in [-0.2, -0.15) is 0 Å². The number of hydrogen-bond donors (Lipinski definition) is 1. The number of methoxy groups -OCH3 is 1. The van der Waals surface area contributed by atoms with Crippen LogP contribution in [0.25, 0.3) is 0 Å². The molecule has 1 atom stereocenters. The molecule has 1 N–H and O–H groups in total. The van der Waals surface area contributed by atoms with Gasteiger partial charge in [0.1, 0.15) is 5.54 Å². The summed E-state index contributed by atoms with van der Waals surface area (Å²) in [6.07, 6.45) is 10.0. The Kier molecular flexibility index (Phi) is 5.64. The largest absolute Gasteiger partial charge is 0.468 e. The predicted octanol–water partition coefficient (Wildman–Crippen LogP) is 2.41. The van der Waals surface area contributed by atoms with Gasteiger partial charge in [-0.15, -0.1) is 0 Å². The van der Waals surface area contributed by atoms with Crippen molar-refractivity contribution in [3.8, 4) is 0 Å². The summed E-state index contributed by atoms with van der Waals surface area (Å²) in [4.78, 5) is 12.3. The van der Waals surface area contributed by atoms with Crippen molar-refractivity contribution in [1.82, 2.24) is 5.32 Å². The van der Waals surface area contributed by atoms with Gasteiger partial charge in [-0.3, -0.25) is 10.1 Å². The minimum atomic E-state index is -0.514. The van der Waals surface area contributed by atoms with E-state index in [0.29, 0.717) is 12.6 Å². The molecule has 0 amide bonds. The van der Waals surface area contributed by atoms with Crippen LogP contribution in [0.15, 0.2) is 0 Å². The van der Waals surface area contributed by atoms with Crippen LogP contribution in [0, 0.1) is 0 Å². The first-order chi connectivity index (χ1) is 9.27. The van der Waals surface area contributed by atoms with E-state index < -0.39 is 5.54 Å². The molecular weight excluding hydrogens is 242 g/mol. The first kappa shape index (κ1) is 14.8. The maximum Gasteiger partial charge on any atom is 0.326 e. The van der Waals surface area contributed by atoms with Crippen molar-refractivity contribution in [2.75, 3.05) is 20.3 Å². The number of carbonyl (C=O) groups is 1. The Morgan fingerprint density at radius 3 is 2.53 bits per heavy atom. The van der Waals surface area contributed by atoms with Gasteiger partial charge in [0.15, 0.2) is 0 Å². The highest BCUT2D eigenvalue weighted by Crippen LogP contribution is 2.27. The number of carbonyl (C=O) groups excluding carboxylic acids is 1. The molecule has 0 aromatic carbocycles. The molecule has 0 bridgehead atoms. The third kappa shape index (κ3) is 3.93. The van der Waals surface area contributed by atoms with Crippen LogP contribution in [0.2, 0.25) is 0 Å². The first-order valence-electron chi connectivity index (χ1n) is 7.71. The quantitative estimate of drug-likeness (QED) is 0.631. The lowest BCUT2D eigenvalue weighted by atomic mass is 9.88. The van der Waals surface area contributed by atoms with Crippen molar-refractivity contribution in [1.29, 1.82) is 0 Å². The van der Waals surface area contributed by atoms with Gasteiger partial charge in [0, 0.05) is 19.3 Å². The van der Waals surface area contributed by atoms with Gasteiger partial charge in [0.05, 0.1) is 7.11 Å². The lowest BCUT2D eigenvalue weighted by Crippen LogP contribution is -2.56. The van der Waals surface area contributed by atoms with E-state index in [4.69, 9.17) is 9.47 Å². The lowest BCUT2D eigenvalue weighted by Gasteiger charge is -2.34. The Bertz CT molecular complexity index is 277. The maximum absolute atomic E-state index is 12.3. The monoisotopic (exact) mass is 269 g/mol. The molecule has 1 saturated carbocycles. The highest BCUT2D eigenvalue weighted by Gasteiger charge is 2.41. The van der Waals surface area contributed by atoms with Crippen LogP contribution < -0.4 is 5.32 Å². The summed E-state index contributed by atoms with van der Waals surface area (Å²) in [7, 11) is 1.49. The normalized spacial score (nSPS) is 30.4. The molecule has 0 aromatic rings. The third-order valence-electron chi connectivity index (χ3n) is 4.48. The number of rotatable bonds is 3. The van der Waals surface area contributed by atoms with Gasteiger partial charge >= 0.3 is 5.97 Å². The molecule has 0 spiro atoms. The minimum Gasteiger partial charge on any atom is -0.468 e. The molecule has 19 heavy (non-hydrogen) atoms. The molecule has 2 rings (SSSR count). The Morgan fingerprint density at radius 2 is 1.84 bits per heavy atom. The molecule has 0 radical (unpaired) electrons. The minimum absolute atomic E-state index is 0.109. The van der Waals surface area contributed by atoms with Crippen LogP contribution in [0.5, 0.6) is 0 Å². The molecule has 2 fully saturated rings. The highest BCUT2D eigenvalue weighted by molar-refractivity contribution is 5.80. The molecule has 4 nitrogen and oxygen atoms in total. The fourth-order valence-corrected chi connectivity index (χ4v) is 3.37. The molecule has 1 saturated heterocycles. The summed E-state index contributed by atoms with van der Waals surface area (Å²) in [5.41, 5.74) is -0.514. The zero-order chi connectivity index (χ0) is 13.6. The number of ether oxygens (including phenoxy) is 2. The van der Waals surface area contributed by atoms with Gasteiger partial charge < -0.3 is 9.47 Å². The van der Waals surface area contributed by atoms with Crippen LogP contribution in [0.1, 0.15) is 57.8 Å². The van der Waals surface area contributed by atoms with Crippen molar-refractivity contribution in [3.63, 3.8) is 0 Å².